The van der Waals surface area contributed by atoms with Gasteiger partial charge >= 0.3 is 0 Å². The molecular formula is C10H13FN2O3S. The fourth-order valence-corrected chi connectivity index (χ4v) is 2.81. The summed E-state index contributed by atoms with van der Waals surface area (Å²) in [7, 11) is -3.71. The Bertz CT molecular complexity index is 500. The number of halogens is 1. The van der Waals surface area contributed by atoms with E-state index in [-0.39, 0.29) is 23.5 Å². The lowest BCUT2D eigenvalue weighted by molar-refractivity contribution is 0.0453. The normalized spacial score (nSPS) is 24.4. The van der Waals surface area contributed by atoms with Crippen molar-refractivity contribution in [3.8, 4) is 0 Å². The number of pyridine rings is 1. The molecule has 5 nitrogen and oxygen atoms in total. The summed E-state index contributed by atoms with van der Waals surface area (Å²) in [5.41, 5.74) is 0. The first-order chi connectivity index (χ1) is 7.97. The van der Waals surface area contributed by atoms with Crippen LogP contribution in [0.1, 0.15) is 12.8 Å². The molecule has 0 radical (unpaired) electrons. The van der Waals surface area contributed by atoms with Gasteiger partial charge in [0.05, 0.1) is 12.3 Å². The lowest BCUT2D eigenvalue weighted by Crippen LogP contribution is -2.38. The summed E-state index contributed by atoms with van der Waals surface area (Å²) in [5.74, 6) is -0.534. The Balaban J connectivity index is 1.99. The summed E-state index contributed by atoms with van der Waals surface area (Å²) in [6.07, 6.45) is 2.93. The Morgan fingerprint density at radius 2 is 2.18 bits per heavy atom. The third-order valence-electron chi connectivity index (χ3n) is 2.76. The summed E-state index contributed by atoms with van der Waals surface area (Å²) >= 11 is 0. The third-order valence-corrected chi connectivity index (χ3v) is 4.15. The van der Waals surface area contributed by atoms with E-state index < -0.39 is 15.8 Å². The number of hydrogen-bond acceptors (Lipinski definition) is 4. The number of aromatic nitrogens is 1. The van der Waals surface area contributed by atoms with E-state index in [0.717, 1.165) is 18.5 Å². The van der Waals surface area contributed by atoms with Gasteiger partial charge in [0.2, 0.25) is 10.0 Å². The predicted molar refractivity (Wildman–Crippen MR) is 58.1 cm³/mol. The van der Waals surface area contributed by atoms with Crippen molar-refractivity contribution in [2.75, 3.05) is 6.54 Å². The summed E-state index contributed by atoms with van der Waals surface area (Å²) < 4.78 is 38.7. The second-order valence-corrected chi connectivity index (χ2v) is 5.95. The van der Waals surface area contributed by atoms with Gasteiger partial charge in [-0.1, -0.05) is 0 Å². The maximum absolute atomic E-state index is 12.8. The molecule has 0 saturated heterocycles. The Kier molecular flexibility index (Phi) is 3.41. The minimum Gasteiger partial charge on any atom is -0.393 e. The molecule has 1 saturated carbocycles. The van der Waals surface area contributed by atoms with Gasteiger partial charge in [-0.3, -0.25) is 4.98 Å². The molecule has 0 atom stereocenters. The lowest BCUT2D eigenvalue weighted by Gasteiger charge is -2.31. The first kappa shape index (κ1) is 12.4. The molecule has 1 fully saturated rings. The van der Waals surface area contributed by atoms with Gasteiger partial charge in [-0.2, -0.15) is 0 Å². The Labute approximate surface area is 98.7 Å². The van der Waals surface area contributed by atoms with Crippen molar-refractivity contribution < 1.29 is 17.9 Å². The lowest BCUT2D eigenvalue weighted by atomic mass is 9.83. The number of hydrogen-bond donors (Lipinski definition) is 2. The van der Waals surface area contributed by atoms with E-state index in [2.05, 4.69) is 9.71 Å². The maximum Gasteiger partial charge on any atom is 0.242 e. The number of rotatable bonds is 4. The summed E-state index contributed by atoms with van der Waals surface area (Å²) in [5, 5.41) is 9.06. The summed E-state index contributed by atoms with van der Waals surface area (Å²) in [4.78, 5) is 3.31. The van der Waals surface area contributed by atoms with Crippen molar-refractivity contribution in [1.29, 1.82) is 0 Å². The highest BCUT2D eigenvalue weighted by Gasteiger charge is 2.28. The number of aliphatic hydroxyl groups is 1. The zero-order chi connectivity index (χ0) is 12.5. The van der Waals surface area contributed by atoms with Crippen LogP contribution in [-0.2, 0) is 10.0 Å². The van der Waals surface area contributed by atoms with E-state index in [0.29, 0.717) is 12.8 Å². The standard InChI is InChI=1S/C10H13FN2O3S/c11-8-3-10(6-12-5-8)17(15,16)13-4-7-1-9(14)2-7/h3,5-7,9,13-14H,1-2,4H2. The number of nitrogens with zero attached hydrogens (tertiary/aromatic N) is 1. The minimum atomic E-state index is -3.71. The van der Waals surface area contributed by atoms with Gasteiger partial charge in [-0.25, -0.2) is 17.5 Å². The fraction of sp³-hybridized carbons (Fsp3) is 0.500. The van der Waals surface area contributed by atoms with Gasteiger partial charge in [0, 0.05) is 12.7 Å². The van der Waals surface area contributed by atoms with Crippen LogP contribution >= 0.6 is 0 Å². The van der Waals surface area contributed by atoms with E-state index in [4.69, 9.17) is 5.11 Å². The van der Waals surface area contributed by atoms with E-state index in [9.17, 15) is 12.8 Å². The molecule has 1 aliphatic rings. The molecule has 0 aliphatic heterocycles. The van der Waals surface area contributed by atoms with E-state index >= 15 is 0 Å². The molecule has 1 aliphatic carbocycles. The molecule has 94 valence electrons. The van der Waals surface area contributed by atoms with Crippen molar-refractivity contribution >= 4 is 10.0 Å². The third kappa shape index (κ3) is 2.99. The van der Waals surface area contributed by atoms with Crippen molar-refractivity contribution in [2.45, 2.75) is 23.8 Å². The molecule has 1 aromatic rings. The maximum atomic E-state index is 12.8. The molecule has 0 amide bonds. The summed E-state index contributed by atoms with van der Waals surface area (Å²) in [6.45, 7) is 0.260. The smallest absolute Gasteiger partial charge is 0.242 e. The average Bonchev–Trinajstić information content (AvgIpc) is 2.23. The van der Waals surface area contributed by atoms with E-state index in [1.807, 2.05) is 0 Å². The Hall–Kier alpha value is -1.05. The van der Waals surface area contributed by atoms with Crippen LogP contribution in [0.2, 0.25) is 0 Å². The highest BCUT2D eigenvalue weighted by molar-refractivity contribution is 7.89. The molecule has 2 N–H and O–H groups in total. The van der Waals surface area contributed by atoms with Crippen molar-refractivity contribution in [2.24, 2.45) is 5.92 Å². The molecule has 0 bridgehead atoms. The molecule has 2 rings (SSSR count). The highest BCUT2D eigenvalue weighted by atomic mass is 32.2. The van der Waals surface area contributed by atoms with Crippen LogP contribution in [0.4, 0.5) is 4.39 Å². The molecule has 0 aromatic carbocycles. The van der Waals surface area contributed by atoms with E-state index in [1.54, 1.807) is 0 Å². The highest BCUT2D eigenvalue weighted by Crippen LogP contribution is 2.26. The molecule has 1 heterocycles. The van der Waals surface area contributed by atoms with Crippen LogP contribution in [0, 0.1) is 11.7 Å². The van der Waals surface area contributed by atoms with Crippen LogP contribution in [0.3, 0.4) is 0 Å². The predicted octanol–water partition coefficient (Wildman–Crippen LogP) is 0.270. The second kappa shape index (κ2) is 4.67. The quantitative estimate of drug-likeness (QED) is 0.814. The second-order valence-electron chi connectivity index (χ2n) is 4.18. The van der Waals surface area contributed by atoms with Gasteiger partial charge in [0.1, 0.15) is 10.7 Å². The van der Waals surface area contributed by atoms with Gasteiger partial charge in [-0.05, 0) is 24.8 Å². The molecule has 0 unspecified atom stereocenters. The average molecular weight is 260 g/mol. The topological polar surface area (TPSA) is 79.3 Å². The van der Waals surface area contributed by atoms with Gasteiger partial charge in [-0.15, -0.1) is 0 Å². The number of aliphatic hydroxyl groups excluding tert-OH is 1. The molecule has 1 aromatic heterocycles. The monoisotopic (exact) mass is 260 g/mol. The fourth-order valence-electron chi connectivity index (χ4n) is 1.72. The number of sulfonamides is 1. The Morgan fingerprint density at radius 3 is 2.76 bits per heavy atom. The van der Waals surface area contributed by atoms with E-state index in [1.165, 1.54) is 0 Å². The van der Waals surface area contributed by atoms with Crippen LogP contribution in [0.15, 0.2) is 23.4 Å². The molecule has 7 heteroatoms. The van der Waals surface area contributed by atoms with Crippen LogP contribution in [0.5, 0.6) is 0 Å². The van der Waals surface area contributed by atoms with Gasteiger partial charge in [0.25, 0.3) is 0 Å². The van der Waals surface area contributed by atoms with Crippen molar-refractivity contribution in [1.82, 2.24) is 9.71 Å². The molecule has 17 heavy (non-hydrogen) atoms. The zero-order valence-electron chi connectivity index (χ0n) is 9.01. The van der Waals surface area contributed by atoms with Crippen molar-refractivity contribution in [3.63, 3.8) is 0 Å². The van der Waals surface area contributed by atoms with Gasteiger partial charge in [0.15, 0.2) is 0 Å². The number of nitrogens with one attached hydrogen (secondary N) is 1. The van der Waals surface area contributed by atoms with Crippen molar-refractivity contribution in [3.05, 3.63) is 24.3 Å². The SMILES string of the molecule is O=S(=O)(NCC1CC(O)C1)c1cncc(F)c1. The van der Waals surface area contributed by atoms with Gasteiger partial charge < -0.3 is 5.11 Å². The Morgan fingerprint density at radius 1 is 1.47 bits per heavy atom. The van der Waals surface area contributed by atoms with Crippen LogP contribution < -0.4 is 4.72 Å². The molecule has 0 spiro atoms. The van der Waals surface area contributed by atoms with Crippen LogP contribution in [0.25, 0.3) is 0 Å². The summed E-state index contributed by atoms with van der Waals surface area (Å²) in [6, 6.07) is 0.922. The zero-order valence-corrected chi connectivity index (χ0v) is 9.82. The molecular weight excluding hydrogens is 247 g/mol. The largest absolute Gasteiger partial charge is 0.393 e. The first-order valence-electron chi connectivity index (χ1n) is 5.25. The minimum absolute atomic E-state index is 0.154. The van der Waals surface area contributed by atoms with Crippen LogP contribution in [-0.4, -0.2) is 31.2 Å². The first-order valence-corrected chi connectivity index (χ1v) is 6.74.